The zero-order valence-electron chi connectivity index (χ0n) is 10.7. The molecule has 100 valence electrons. The lowest BCUT2D eigenvalue weighted by molar-refractivity contribution is 0.0882. The predicted octanol–water partition coefficient (Wildman–Crippen LogP) is 1.21. The Hall–Kier alpha value is -1.17. The lowest BCUT2D eigenvalue weighted by Gasteiger charge is -2.26. The molecule has 0 radical (unpaired) electrons. The summed E-state index contributed by atoms with van der Waals surface area (Å²) in [5.74, 6) is -0.169. The van der Waals surface area contributed by atoms with Crippen LogP contribution >= 0.6 is 0 Å². The fourth-order valence-electron chi connectivity index (χ4n) is 2.58. The van der Waals surface area contributed by atoms with Gasteiger partial charge in [-0.3, -0.25) is 4.79 Å². The average molecular weight is 270 g/mol. The maximum Gasteiger partial charge on any atom is 0.183 e. The van der Waals surface area contributed by atoms with Gasteiger partial charge in [-0.15, -0.1) is 0 Å². The smallest absolute Gasteiger partial charge is 0.183 e. The molecule has 2 atom stereocenters. The minimum Gasteiger partial charge on any atom is -0.331 e. The molecule has 2 rings (SSSR count). The molecular formula is C12H18N2O3S. The van der Waals surface area contributed by atoms with Crippen molar-refractivity contribution in [1.82, 2.24) is 9.55 Å². The van der Waals surface area contributed by atoms with E-state index in [4.69, 9.17) is 0 Å². The van der Waals surface area contributed by atoms with Crippen LogP contribution in [0.1, 0.15) is 36.2 Å². The molecule has 1 aromatic heterocycles. The van der Waals surface area contributed by atoms with Gasteiger partial charge in [-0.25, -0.2) is 13.4 Å². The van der Waals surface area contributed by atoms with Gasteiger partial charge in [-0.1, -0.05) is 6.42 Å². The Morgan fingerprint density at radius 2 is 2.17 bits per heavy atom. The number of carbonyl (C=O) groups is 1. The van der Waals surface area contributed by atoms with Crippen molar-refractivity contribution in [3.63, 3.8) is 0 Å². The van der Waals surface area contributed by atoms with E-state index in [2.05, 4.69) is 4.98 Å². The Bertz CT molecular complexity index is 547. The first kappa shape index (κ1) is 13.3. The van der Waals surface area contributed by atoms with Gasteiger partial charge < -0.3 is 4.57 Å². The zero-order valence-corrected chi connectivity index (χ0v) is 11.5. The lowest BCUT2D eigenvalue weighted by Crippen LogP contribution is -2.31. The molecule has 0 aromatic carbocycles. The van der Waals surface area contributed by atoms with Crippen LogP contribution < -0.4 is 0 Å². The number of hydrogen-bond acceptors (Lipinski definition) is 4. The van der Waals surface area contributed by atoms with Crippen LogP contribution in [0.3, 0.4) is 0 Å². The molecule has 0 amide bonds. The molecule has 0 aliphatic heterocycles. The first-order chi connectivity index (χ1) is 8.39. The van der Waals surface area contributed by atoms with Crippen LogP contribution in [0.5, 0.6) is 0 Å². The third-order valence-corrected chi connectivity index (χ3v) is 5.31. The highest BCUT2D eigenvalue weighted by molar-refractivity contribution is 7.91. The van der Waals surface area contributed by atoms with Crippen molar-refractivity contribution in [2.75, 3.05) is 6.26 Å². The summed E-state index contributed by atoms with van der Waals surface area (Å²) in [7, 11) is -1.27. The number of hydrogen-bond donors (Lipinski definition) is 0. The SMILES string of the molecule is Cn1cncc1C(=O)C1CCCC(S(C)(=O)=O)C1. The Balaban J connectivity index is 2.15. The number of aryl methyl sites for hydroxylation is 1. The minimum absolute atomic E-state index is 0.0170. The number of aromatic nitrogens is 2. The maximum absolute atomic E-state index is 12.3. The van der Waals surface area contributed by atoms with Gasteiger partial charge in [0.2, 0.25) is 0 Å². The summed E-state index contributed by atoms with van der Waals surface area (Å²) in [5, 5.41) is -0.367. The summed E-state index contributed by atoms with van der Waals surface area (Å²) in [6.45, 7) is 0. The van der Waals surface area contributed by atoms with E-state index in [1.807, 2.05) is 0 Å². The summed E-state index contributed by atoms with van der Waals surface area (Å²) in [6.07, 6.45) is 7.09. The van der Waals surface area contributed by atoms with E-state index in [0.717, 1.165) is 12.8 Å². The second kappa shape index (κ2) is 4.84. The highest BCUT2D eigenvalue weighted by atomic mass is 32.2. The van der Waals surface area contributed by atoms with E-state index in [1.165, 1.54) is 6.26 Å². The van der Waals surface area contributed by atoms with Gasteiger partial charge in [0.15, 0.2) is 5.78 Å². The van der Waals surface area contributed by atoms with Gasteiger partial charge in [0.25, 0.3) is 0 Å². The van der Waals surface area contributed by atoms with E-state index < -0.39 is 9.84 Å². The summed E-state index contributed by atoms with van der Waals surface area (Å²) >= 11 is 0. The second-order valence-corrected chi connectivity index (χ2v) is 7.39. The van der Waals surface area contributed by atoms with Crippen LogP contribution in [-0.4, -0.2) is 35.3 Å². The molecule has 18 heavy (non-hydrogen) atoms. The van der Waals surface area contributed by atoms with Crippen molar-refractivity contribution in [1.29, 1.82) is 0 Å². The molecule has 1 aliphatic carbocycles. The molecule has 2 unspecified atom stereocenters. The highest BCUT2D eigenvalue weighted by Gasteiger charge is 2.33. The summed E-state index contributed by atoms with van der Waals surface area (Å²) in [5.41, 5.74) is 0.564. The number of rotatable bonds is 3. The zero-order chi connectivity index (χ0) is 13.3. The molecule has 0 bridgehead atoms. The molecular weight excluding hydrogens is 252 g/mol. The second-order valence-electron chi connectivity index (χ2n) is 5.07. The third kappa shape index (κ3) is 2.63. The van der Waals surface area contributed by atoms with Gasteiger partial charge in [0.1, 0.15) is 15.5 Å². The van der Waals surface area contributed by atoms with Gasteiger partial charge in [0.05, 0.1) is 17.8 Å². The largest absolute Gasteiger partial charge is 0.331 e. The molecule has 1 aromatic rings. The fourth-order valence-corrected chi connectivity index (χ4v) is 3.75. The third-order valence-electron chi connectivity index (χ3n) is 3.67. The maximum atomic E-state index is 12.3. The van der Waals surface area contributed by atoms with E-state index >= 15 is 0 Å². The summed E-state index contributed by atoms with van der Waals surface area (Å²) in [4.78, 5) is 16.2. The van der Waals surface area contributed by atoms with Gasteiger partial charge in [-0.2, -0.15) is 0 Å². The topological polar surface area (TPSA) is 69.0 Å². The molecule has 0 saturated heterocycles. The van der Waals surface area contributed by atoms with E-state index in [-0.39, 0.29) is 17.0 Å². The van der Waals surface area contributed by atoms with Crippen LogP contribution in [0.4, 0.5) is 0 Å². The van der Waals surface area contributed by atoms with E-state index in [9.17, 15) is 13.2 Å². The highest BCUT2D eigenvalue weighted by Crippen LogP contribution is 2.30. The molecule has 1 saturated carbocycles. The van der Waals surface area contributed by atoms with Gasteiger partial charge in [-0.05, 0) is 19.3 Å². The first-order valence-electron chi connectivity index (χ1n) is 6.09. The Kier molecular flexibility index (Phi) is 3.56. The molecule has 0 spiro atoms. The van der Waals surface area contributed by atoms with Crippen molar-refractivity contribution < 1.29 is 13.2 Å². The lowest BCUT2D eigenvalue weighted by atomic mass is 9.85. The molecule has 1 aliphatic rings. The number of nitrogens with zero attached hydrogens (tertiary/aromatic N) is 2. The molecule has 6 heteroatoms. The van der Waals surface area contributed by atoms with E-state index in [1.54, 1.807) is 24.1 Å². The number of sulfone groups is 1. The Morgan fingerprint density at radius 1 is 1.44 bits per heavy atom. The first-order valence-corrected chi connectivity index (χ1v) is 8.04. The Morgan fingerprint density at radius 3 is 2.72 bits per heavy atom. The van der Waals surface area contributed by atoms with Crippen molar-refractivity contribution in [3.8, 4) is 0 Å². The van der Waals surface area contributed by atoms with Crippen LogP contribution in [0.25, 0.3) is 0 Å². The predicted molar refractivity (Wildman–Crippen MR) is 68.1 cm³/mol. The summed E-state index contributed by atoms with van der Waals surface area (Å²) < 4.78 is 24.8. The molecule has 1 fully saturated rings. The Labute approximate surface area is 107 Å². The quantitative estimate of drug-likeness (QED) is 0.774. The number of ketones is 1. The number of Topliss-reactive ketones (excluding diaryl/α,β-unsaturated/α-hetero) is 1. The molecule has 0 N–H and O–H groups in total. The van der Waals surface area contributed by atoms with E-state index in [0.29, 0.717) is 18.5 Å². The van der Waals surface area contributed by atoms with Crippen LogP contribution in [0.2, 0.25) is 0 Å². The van der Waals surface area contributed by atoms with Crippen LogP contribution in [0, 0.1) is 5.92 Å². The normalized spacial score (nSPS) is 25.0. The molecule has 5 nitrogen and oxygen atoms in total. The average Bonchev–Trinajstić information content (AvgIpc) is 2.73. The van der Waals surface area contributed by atoms with Crippen molar-refractivity contribution in [3.05, 3.63) is 18.2 Å². The summed E-state index contributed by atoms with van der Waals surface area (Å²) in [6, 6.07) is 0. The minimum atomic E-state index is -3.05. The van der Waals surface area contributed by atoms with Crippen molar-refractivity contribution in [2.45, 2.75) is 30.9 Å². The fraction of sp³-hybridized carbons (Fsp3) is 0.667. The van der Waals surface area contributed by atoms with Gasteiger partial charge in [0, 0.05) is 19.2 Å². The molecule has 1 heterocycles. The van der Waals surface area contributed by atoms with Crippen molar-refractivity contribution >= 4 is 15.6 Å². The van der Waals surface area contributed by atoms with Crippen LogP contribution in [0.15, 0.2) is 12.5 Å². The van der Waals surface area contributed by atoms with Crippen LogP contribution in [-0.2, 0) is 16.9 Å². The standard InChI is InChI=1S/C12H18N2O3S/c1-14-8-13-7-11(14)12(15)9-4-3-5-10(6-9)18(2,16)17/h7-10H,3-6H2,1-2H3. The number of carbonyl (C=O) groups excluding carboxylic acids is 1. The monoisotopic (exact) mass is 270 g/mol. The van der Waals surface area contributed by atoms with Gasteiger partial charge >= 0.3 is 0 Å². The number of imidazole rings is 1. The van der Waals surface area contributed by atoms with Crippen molar-refractivity contribution in [2.24, 2.45) is 13.0 Å².